The van der Waals surface area contributed by atoms with E-state index in [1.165, 1.54) is 0 Å². The molecule has 2 aromatic rings. The molecule has 2 rings (SSSR count). The summed E-state index contributed by atoms with van der Waals surface area (Å²) in [6.45, 7) is 7.54. The Bertz CT molecular complexity index is 561. The van der Waals surface area contributed by atoms with Crippen molar-refractivity contribution in [1.29, 1.82) is 0 Å². The number of H-pyrrole nitrogens is 1. The van der Waals surface area contributed by atoms with Crippen LogP contribution in [0.1, 0.15) is 36.8 Å². The van der Waals surface area contributed by atoms with Crippen LogP contribution in [0.2, 0.25) is 0 Å². The molecule has 0 amide bonds. The summed E-state index contributed by atoms with van der Waals surface area (Å²) >= 11 is 0. The molecule has 3 nitrogen and oxygen atoms in total. The number of hydrogen-bond donors (Lipinski definition) is 1. The zero-order chi connectivity index (χ0) is 12.6. The number of aromatic amines is 1. The number of carbonyl (C=O) groups is 1. The second kappa shape index (κ2) is 3.91. The third kappa shape index (κ3) is 2.49. The Kier molecular flexibility index (Phi) is 2.69. The van der Waals surface area contributed by atoms with Gasteiger partial charge in [0, 0.05) is 10.9 Å². The number of benzene rings is 1. The number of fused-ring (bicyclic) bond motifs is 1. The maximum Gasteiger partial charge on any atom is 0.355 e. The lowest BCUT2D eigenvalue weighted by Gasteiger charge is -2.18. The smallest absolute Gasteiger partial charge is 0.355 e. The molecule has 0 saturated heterocycles. The third-order valence-electron chi connectivity index (χ3n) is 2.40. The second-order valence-electron chi connectivity index (χ2n) is 5.15. The van der Waals surface area contributed by atoms with Crippen molar-refractivity contribution >= 4 is 16.9 Å². The van der Waals surface area contributed by atoms with Crippen LogP contribution in [0.25, 0.3) is 10.9 Å². The number of hydrogen-bond acceptors (Lipinski definition) is 2. The SMILES string of the molecule is Cc1c[c]cc2cc(C(=O)OC(C)(C)C)[nH]c12. The summed E-state index contributed by atoms with van der Waals surface area (Å²) in [6, 6.07) is 8.57. The Balaban J connectivity index is 2.37. The molecule has 0 unspecified atom stereocenters. The van der Waals surface area contributed by atoms with E-state index in [1.54, 1.807) is 6.07 Å². The standard InChI is InChI=1S/C14H16NO2/c1-9-6-5-7-10-8-11(15-12(9)10)13(16)17-14(2,3)4/h6-8,15H,1-4H3. The molecule has 1 N–H and O–H groups in total. The summed E-state index contributed by atoms with van der Waals surface area (Å²) in [7, 11) is 0. The van der Waals surface area contributed by atoms with E-state index in [4.69, 9.17) is 4.74 Å². The van der Waals surface area contributed by atoms with Crippen molar-refractivity contribution in [2.45, 2.75) is 33.3 Å². The van der Waals surface area contributed by atoms with Crippen molar-refractivity contribution in [3.63, 3.8) is 0 Å². The van der Waals surface area contributed by atoms with Gasteiger partial charge in [0.1, 0.15) is 11.3 Å². The Morgan fingerprint density at radius 3 is 2.65 bits per heavy atom. The van der Waals surface area contributed by atoms with Crippen molar-refractivity contribution < 1.29 is 9.53 Å². The number of aryl methyl sites for hydroxylation is 1. The first-order chi connectivity index (χ1) is 7.87. The molecular weight excluding hydrogens is 214 g/mol. The molecule has 0 atom stereocenters. The van der Waals surface area contributed by atoms with Crippen molar-refractivity contribution in [3.05, 3.63) is 35.5 Å². The summed E-state index contributed by atoms with van der Waals surface area (Å²) in [6.07, 6.45) is 0. The fourth-order valence-electron chi connectivity index (χ4n) is 1.68. The van der Waals surface area contributed by atoms with Crippen molar-refractivity contribution in [1.82, 2.24) is 4.98 Å². The maximum absolute atomic E-state index is 11.9. The normalized spacial score (nSPS) is 11.8. The van der Waals surface area contributed by atoms with Crippen LogP contribution in [0.5, 0.6) is 0 Å². The van der Waals surface area contributed by atoms with Gasteiger partial charge in [-0.2, -0.15) is 0 Å². The van der Waals surface area contributed by atoms with E-state index in [0.717, 1.165) is 16.5 Å². The van der Waals surface area contributed by atoms with Gasteiger partial charge in [-0.1, -0.05) is 0 Å². The largest absolute Gasteiger partial charge is 0.455 e. The van der Waals surface area contributed by atoms with Crippen LogP contribution < -0.4 is 0 Å². The molecule has 0 saturated carbocycles. The van der Waals surface area contributed by atoms with Crippen molar-refractivity contribution in [2.75, 3.05) is 0 Å². The lowest BCUT2D eigenvalue weighted by atomic mass is 10.2. The van der Waals surface area contributed by atoms with Gasteiger partial charge in [0.25, 0.3) is 0 Å². The van der Waals surface area contributed by atoms with E-state index < -0.39 is 5.60 Å². The molecular formula is C14H16NO2. The molecule has 0 aliphatic carbocycles. The van der Waals surface area contributed by atoms with Crippen LogP contribution in [0.15, 0.2) is 18.2 Å². The lowest BCUT2D eigenvalue weighted by molar-refractivity contribution is 0.00639. The van der Waals surface area contributed by atoms with Crippen LogP contribution in [0, 0.1) is 13.0 Å². The van der Waals surface area contributed by atoms with Gasteiger partial charge in [0.15, 0.2) is 0 Å². The number of esters is 1. The van der Waals surface area contributed by atoms with E-state index in [2.05, 4.69) is 11.1 Å². The number of aromatic nitrogens is 1. The Hall–Kier alpha value is -1.77. The molecule has 1 aromatic heterocycles. The number of nitrogens with one attached hydrogen (secondary N) is 1. The zero-order valence-corrected chi connectivity index (χ0v) is 10.5. The molecule has 0 bridgehead atoms. The maximum atomic E-state index is 11.9. The van der Waals surface area contributed by atoms with Gasteiger partial charge in [-0.15, -0.1) is 0 Å². The van der Waals surface area contributed by atoms with E-state index in [-0.39, 0.29) is 5.97 Å². The minimum atomic E-state index is -0.477. The number of ether oxygens (including phenoxy) is 1. The van der Waals surface area contributed by atoms with Gasteiger partial charge in [-0.25, -0.2) is 4.79 Å². The van der Waals surface area contributed by atoms with Crippen LogP contribution >= 0.6 is 0 Å². The van der Waals surface area contributed by atoms with E-state index >= 15 is 0 Å². The predicted octanol–water partition coefficient (Wildman–Crippen LogP) is 3.23. The molecule has 89 valence electrons. The summed E-state index contributed by atoms with van der Waals surface area (Å²) in [5.41, 5.74) is 2.04. The number of carbonyl (C=O) groups excluding carboxylic acids is 1. The highest BCUT2D eigenvalue weighted by atomic mass is 16.6. The average molecular weight is 230 g/mol. The minimum absolute atomic E-state index is 0.326. The molecule has 0 aliphatic heterocycles. The van der Waals surface area contributed by atoms with Gasteiger partial charge >= 0.3 is 5.97 Å². The predicted molar refractivity (Wildman–Crippen MR) is 67.0 cm³/mol. The molecule has 1 radical (unpaired) electrons. The molecule has 17 heavy (non-hydrogen) atoms. The molecule has 0 fully saturated rings. The summed E-state index contributed by atoms with van der Waals surface area (Å²) in [4.78, 5) is 15.0. The zero-order valence-electron chi connectivity index (χ0n) is 10.5. The Morgan fingerprint density at radius 1 is 1.35 bits per heavy atom. The minimum Gasteiger partial charge on any atom is -0.455 e. The van der Waals surface area contributed by atoms with Gasteiger partial charge < -0.3 is 9.72 Å². The number of rotatable bonds is 1. The first-order valence-electron chi connectivity index (χ1n) is 5.59. The topological polar surface area (TPSA) is 42.1 Å². The van der Waals surface area contributed by atoms with E-state index in [1.807, 2.05) is 39.8 Å². The first kappa shape index (κ1) is 11.7. The highest BCUT2D eigenvalue weighted by Crippen LogP contribution is 2.20. The molecule has 0 spiro atoms. The quantitative estimate of drug-likeness (QED) is 0.764. The summed E-state index contributed by atoms with van der Waals surface area (Å²) in [5.74, 6) is -0.326. The van der Waals surface area contributed by atoms with Crippen LogP contribution in [-0.2, 0) is 4.74 Å². The molecule has 3 heteroatoms. The van der Waals surface area contributed by atoms with Crippen molar-refractivity contribution in [2.24, 2.45) is 0 Å². The lowest BCUT2D eigenvalue weighted by Crippen LogP contribution is -2.24. The van der Waals surface area contributed by atoms with Crippen LogP contribution in [-0.4, -0.2) is 16.6 Å². The Labute approximate surface area is 101 Å². The van der Waals surface area contributed by atoms with Crippen molar-refractivity contribution in [3.8, 4) is 0 Å². The highest BCUT2D eigenvalue weighted by Gasteiger charge is 2.19. The third-order valence-corrected chi connectivity index (χ3v) is 2.40. The highest BCUT2D eigenvalue weighted by molar-refractivity contribution is 5.95. The van der Waals surface area contributed by atoms with E-state index in [0.29, 0.717) is 5.69 Å². The molecule has 0 aliphatic rings. The fourth-order valence-corrected chi connectivity index (χ4v) is 1.68. The summed E-state index contributed by atoms with van der Waals surface area (Å²) < 4.78 is 5.31. The van der Waals surface area contributed by atoms with Crippen LogP contribution in [0.3, 0.4) is 0 Å². The van der Waals surface area contributed by atoms with Gasteiger partial charge in [0.2, 0.25) is 0 Å². The second-order valence-corrected chi connectivity index (χ2v) is 5.15. The van der Waals surface area contributed by atoms with Gasteiger partial charge in [0.05, 0.1) is 0 Å². The molecule has 1 heterocycles. The van der Waals surface area contributed by atoms with Gasteiger partial charge in [-0.05, 0) is 57.5 Å². The fraction of sp³-hybridized carbons (Fsp3) is 0.357. The monoisotopic (exact) mass is 230 g/mol. The summed E-state index contributed by atoms with van der Waals surface area (Å²) in [5, 5.41) is 0.978. The van der Waals surface area contributed by atoms with Crippen LogP contribution in [0.4, 0.5) is 0 Å². The first-order valence-corrected chi connectivity index (χ1v) is 5.59. The Morgan fingerprint density at radius 2 is 2.06 bits per heavy atom. The average Bonchev–Trinajstić information content (AvgIpc) is 2.60. The van der Waals surface area contributed by atoms with Gasteiger partial charge in [-0.3, -0.25) is 0 Å². The molecule has 1 aromatic carbocycles. The van der Waals surface area contributed by atoms with E-state index in [9.17, 15) is 4.79 Å².